The van der Waals surface area contributed by atoms with E-state index in [0.29, 0.717) is 0 Å². The van der Waals surface area contributed by atoms with Crippen LogP contribution in [0.5, 0.6) is 0 Å². The smallest absolute Gasteiger partial charge is 0.344 e. The van der Waals surface area contributed by atoms with Crippen LogP contribution in [-0.4, -0.2) is 40.8 Å². The molecule has 0 unspecified atom stereocenters. The van der Waals surface area contributed by atoms with Gasteiger partial charge in [0.1, 0.15) is 0 Å². The Balaban J connectivity index is 2.44. The summed E-state index contributed by atoms with van der Waals surface area (Å²) in [6, 6.07) is 0.234. The highest BCUT2D eigenvalue weighted by Crippen LogP contribution is 2.27. The molecule has 0 aromatic rings. The van der Waals surface area contributed by atoms with Crippen molar-refractivity contribution in [3.63, 3.8) is 0 Å². The Morgan fingerprint density at radius 2 is 2.09 bits per heavy atom. The number of alkyl halides is 1. The van der Waals surface area contributed by atoms with Crippen LogP contribution in [0.2, 0.25) is 0 Å². The molecular formula is C7H12FNO2. The summed E-state index contributed by atoms with van der Waals surface area (Å²) in [5.74, 6) is -1.34. The van der Waals surface area contributed by atoms with E-state index in [1.807, 2.05) is 13.8 Å². The molecule has 64 valence electrons. The number of carboxylic acid groups (broad SMARTS) is 1. The molecule has 0 aromatic heterocycles. The predicted molar refractivity (Wildman–Crippen MR) is 38.2 cm³/mol. The van der Waals surface area contributed by atoms with Crippen molar-refractivity contribution in [2.45, 2.75) is 25.6 Å². The van der Waals surface area contributed by atoms with Gasteiger partial charge in [-0.15, -0.1) is 0 Å². The van der Waals surface area contributed by atoms with E-state index in [9.17, 15) is 9.18 Å². The monoisotopic (exact) mass is 161 g/mol. The van der Waals surface area contributed by atoms with Crippen molar-refractivity contribution in [3.05, 3.63) is 0 Å². The van der Waals surface area contributed by atoms with Crippen molar-refractivity contribution < 1.29 is 14.3 Å². The maximum Gasteiger partial charge on any atom is 0.344 e. The van der Waals surface area contributed by atoms with Gasteiger partial charge >= 0.3 is 5.97 Å². The number of carboxylic acids is 1. The minimum atomic E-state index is -1.98. The van der Waals surface area contributed by atoms with E-state index in [-0.39, 0.29) is 19.1 Å². The summed E-state index contributed by atoms with van der Waals surface area (Å²) < 4.78 is 13.0. The third-order valence-corrected chi connectivity index (χ3v) is 2.02. The Morgan fingerprint density at radius 3 is 2.36 bits per heavy atom. The SMILES string of the molecule is CC(C)N1CC(F)(C(=O)O)C1. The van der Waals surface area contributed by atoms with E-state index in [1.165, 1.54) is 0 Å². The second kappa shape index (κ2) is 2.44. The molecule has 0 atom stereocenters. The molecule has 1 fully saturated rings. The first-order valence-corrected chi connectivity index (χ1v) is 3.62. The fourth-order valence-electron chi connectivity index (χ4n) is 1.10. The van der Waals surface area contributed by atoms with Crippen LogP contribution in [0, 0.1) is 0 Å². The van der Waals surface area contributed by atoms with Crippen molar-refractivity contribution >= 4 is 5.97 Å². The Labute approximate surface area is 64.8 Å². The largest absolute Gasteiger partial charge is 0.479 e. The lowest BCUT2D eigenvalue weighted by atomic mass is 9.95. The van der Waals surface area contributed by atoms with Crippen LogP contribution >= 0.6 is 0 Å². The third-order valence-electron chi connectivity index (χ3n) is 2.02. The van der Waals surface area contributed by atoms with E-state index in [4.69, 9.17) is 5.11 Å². The summed E-state index contributed by atoms with van der Waals surface area (Å²) in [7, 11) is 0. The molecular weight excluding hydrogens is 149 g/mol. The number of hydrogen-bond donors (Lipinski definition) is 1. The highest BCUT2D eigenvalue weighted by Gasteiger charge is 2.50. The topological polar surface area (TPSA) is 40.5 Å². The number of rotatable bonds is 2. The highest BCUT2D eigenvalue weighted by atomic mass is 19.1. The second-order valence-corrected chi connectivity index (χ2v) is 3.27. The van der Waals surface area contributed by atoms with Gasteiger partial charge in [0.15, 0.2) is 0 Å². The minimum absolute atomic E-state index is 0.0278. The molecule has 0 aliphatic carbocycles. The van der Waals surface area contributed by atoms with Crippen LogP contribution in [0.1, 0.15) is 13.8 Å². The van der Waals surface area contributed by atoms with E-state index in [1.54, 1.807) is 4.90 Å². The summed E-state index contributed by atoms with van der Waals surface area (Å²) in [5.41, 5.74) is -1.98. The van der Waals surface area contributed by atoms with Crippen molar-refractivity contribution in [2.75, 3.05) is 13.1 Å². The zero-order valence-corrected chi connectivity index (χ0v) is 6.67. The Hall–Kier alpha value is -0.640. The lowest BCUT2D eigenvalue weighted by Crippen LogP contribution is -2.64. The molecule has 3 nitrogen and oxygen atoms in total. The van der Waals surface area contributed by atoms with Gasteiger partial charge in [-0.05, 0) is 13.8 Å². The van der Waals surface area contributed by atoms with Gasteiger partial charge in [0.05, 0.1) is 0 Å². The highest BCUT2D eigenvalue weighted by molar-refractivity contribution is 5.79. The normalized spacial score (nSPS) is 23.3. The summed E-state index contributed by atoms with van der Waals surface area (Å²) in [6.45, 7) is 3.89. The van der Waals surface area contributed by atoms with Gasteiger partial charge in [-0.1, -0.05) is 0 Å². The van der Waals surface area contributed by atoms with Crippen LogP contribution in [0.3, 0.4) is 0 Å². The molecule has 11 heavy (non-hydrogen) atoms. The van der Waals surface area contributed by atoms with Crippen molar-refractivity contribution in [3.8, 4) is 0 Å². The van der Waals surface area contributed by atoms with E-state index < -0.39 is 11.6 Å². The summed E-state index contributed by atoms with van der Waals surface area (Å²) >= 11 is 0. The molecule has 0 aromatic carbocycles. The van der Waals surface area contributed by atoms with E-state index in [2.05, 4.69) is 0 Å². The number of aliphatic carboxylic acids is 1. The first kappa shape index (κ1) is 8.46. The van der Waals surface area contributed by atoms with Crippen LogP contribution in [0.4, 0.5) is 4.39 Å². The molecule has 1 aliphatic heterocycles. The number of hydrogen-bond acceptors (Lipinski definition) is 2. The maximum atomic E-state index is 13.0. The zero-order chi connectivity index (χ0) is 8.65. The quantitative estimate of drug-likeness (QED) is 0.641. The first-order valence-electron chi connectivity index (χ1n) is 3.62. The standard InChI is InChI=1S/C7H12FNO2/c1-5(2)9-3-7(8,4-9)6(10)11/h5H,3-4H2,1-2H3,(H,10,11). The van der Waals surface area contributed by atoms with Crippen LogP contribution in [0.15, 0.2) is 0 Å². The zero-order valence-electron chi connectivity index (χ0n) is 6.67. The molecule has 1 heterocycles. The fourth-order valence-corrected chi connectivity index (χ4v) is 1.10. The summed E-state index contributed by atoms with van der Waals surface area (Å²) in [5, 5.41) is 8.39. The maximum absolute atomic E-state index is 13.0. The summed E-state index contributed by atoms with van der Waals surface area (Å²) in [6.07, 6.45) is 0. The van der Waals surface area contributed by atoms with Gasteiger partial charge in [0.2, 0.25) is 5.67 Å². The molecule has 1 N–H and O–H groups in total. The second-order valence-electron chi connectivity index (χ2n) is 3.27. The molecule has 0 amide bonds. The van der Waals surface area contributed by atoms with Gasteiger partial charge in [-0.25, -0.2) is 9.18 Å². The predicted octanol–water partition coefficient (Wildman–Crippen LogP) is 0.503. The molecule has 0 saturated carbocycles. The molecule has 0 spiro atoms. The summed E-state index contributed by atoms with van der Waals surface area (Å²) in [4.78, 5) is 12.1. The number of carbonyl (C=O) groups is 1. The van der Waals surface area contributed by atoms with Crippen molar-refractivity contribution in [2.24, 2.45) is 0 Å². The van der Waals surface area contributed by atoms with Gasteiger partial charge in [-0.2, -0.15) is 0 Å². The average molecular weight is 161 g/mol. The van der Waals surface area contributed by atoms with Gasteiger partial charge < -0.3 is 5.11 Å². The van der Waals surface area contributed by atoms with E-state index in [0.717, 1.165) is 0 Å². The van der Waals surface area contributed by atoms with Crippen LogP contribution in [0.25, 0.3) is 0 Å². The van der Waals surface area contributed by atoms with Gasteiger partial charge in [0, 0.05) is 19.1 Å². The van der Waals surface area contributed by atoms with Crippen molar-refractivity contribution in [1.29, 1.82) is 0 Å². The Bertz CT molecular complexity index is 175. The Kier molecular flexibility index (Phi) is 1.88. The van der Waals surface area contributed by atoms with Crippen LogP contribution < -0.4 is 0 Å². The molecule has 0 radical (unpaired) electrons. The molecule has 0 bridgehead atoms. The van der Waals surface area contributed by atoms with Gasteiger partial charge in [0.25, 0.3) is 0 Å². The van der Waals surface area contributed by atoms with Crippen molar-refractivity contribution in [1.82, 2.24) is 4.90 Å². The number of halogens is 1. The molecule has 1 aliphatic rings. The average Bonchev–Trinajstić information content (AvgIpc) is 1.79. The fraction of sp³-hybridized carbons (Fsp3) is 0.857. The van der Waals surface area contributed by atoms with Crippen LogP contribution in [-0.2, 0) is 4.79 Å². The molecule has 4 heteroatoms. The number of likely N-dealkylation sites (tertiary alicyclic amines) is 1. The Morgan fingerprint density at radius 1 is 1.64 bits per heavy atom. The minimum Gasteiger partial charge on any atom is -0.479 e. The third kappa shape index (κ3) is 1.35. The first-order chi connectivity index (χ1) is 4.96. The van der Waals surface area contributed by atoms with E-state index >= 15 is 0 Å². The lowest BCUT2D eigenvalue weighted by Gasteiger charge is -2.43. The number of nitrogens with zero attached hydrogens (tertiary/aromatic N) is 1. The van der Waals surface area contributed by atoms with Gasteiger partial charge in [-0.3, -0.25) is 4.90 Å². The molecule has 1 rings (SSSR count). The lowest BCUT2D eigenvalue weighted by molar-refractivity contribution is -0.165. The molecule has 1 saturated heterocycles.